The second-order valence-corrected chi connectivity index (χ2v) is 8.95. The van der Waals surface area contributed by atoms with Crippen molar-refractivity contribution in [3.63, 3.8) is 0 Å². The van der Waals surface area contributed by atoms with Crippen LogP contribution >= 0.6 is 11.6 Å². The smallest absolute Gasteiger partial charge is 0.259 e. The van der Waals surface area contributed by atoms with Gasteiger partial charge in [0.15, 0.2) is 5.82 Å². The van der Waals surface area contributed by atoms with Crippen molar-refractivity contribution in [3.05, 3.63) is 51.9 Å². The highest BCUT2D eigenvalue weighted by Crippen LogP contribution is 2.40. The summed E-state index contributed by atoms with van der Waals surface area (Å²) >= 11 is 6.32. The number of aryl methyl sites for hydroxylation is 1. The number of ether oxygens (including phenoxy) is 1. The van der Waals surface area contributed by atoms with Crippen molar-refractivity contribution < 1.29 is 9.26 Å². The molecule has 1 aromatic carbocycles. The Labute approximate surface area is 196 Å². The Morgan fingerprint density at radius 3 is 2.88 bits per heavy atom. The first-order valence-corrected chi connectivity index (χ1v) is 11.3. The monoisotopic (exact) mass is 465 g/mol. The molecular weight excluding hydrogens is 442 g/mol. The summed E-state index contributed by atoms with van der Waals surface area (Å²) in [5.41, 5.74) is 5.45. The molecule has 5 rings (SSSR count). The van der Waals surface area contributed by atoms with Crippen LogP contribution in [0.25, 0.3) is 22.8 Å². The van der Waals surface area contributed by atoms with Gasteiger partial charge in [0, 0.05) is 18.2 Å². The molecule has 10 heteroatoms. The predicted octanol–water partition coefficient (Wildman–Crippen LogP) is 4.34. The van der Waals surface area contributed by atoms with Crippen LogP contribution in [0.1, 0.15) is 48.7 Å². The summed E-state index contributed by atoms with van der Waals surface area (Å²) < 4.78 is 11.1. The van der Waals surface area contributed by atoms with Gasteiger partial charge in [-0.2, -0.15) is 9.78 Å². The average molecular weight is 466 g/mol. The van der Waals surface area contributed by atoms with E-state index >= 15 is 0 Å². The van der Waals surface area contributed by atoms with E-state index in [1.165, 1.54) is 21.5 Å². The van der Waals surface area contributed by atoms with Crippen molar-refractivity contribution in [2.24, 2.45) is 7.05 Å². The number of hydrogen-bond donors (Lipinski definition) is 0. The van der Waals surface area contributed by atoms with E-state index in [9.17, 15) is 0 Å². The lowest BCUT2D eigenvalue weighted by molar-refractivity contribution is 0.233. The van der Waals surface area contributed by atoms with Gasteiger partial charge in [-0.05, 0) is 67.5 Å². The molecule has 1 aliphatic rings. The van der Waals surface area contributed by atoms with Crippen LogP contribution in [0.2, 0.25) is 5.02 Å². The van der Waals surface area contributed by atoms with Crippen molar-refractivity contribution in [2.75, 3.05) is 0 Å². The van der Waals surface area contributed by atoms with Gasteiger partial charge in [-0.1, -0.05) is 28.9 Å². The molecule has 0 fully saturated rings. The van der Waals surface area contributed by atoms with Gasteiger partial charge in [-0.25, -0.2) is 4.98 Å². The fraction of sp³-hybridized carbons (Fsp3) is 0.391. The van der Waals surface area contributed by atoms with Gasteiger partial charge in [0.05, 0.1) is 18.7 Å². The topological polar surface area (TPSA) is 105 Å². The maximum Gasteiger partial charge on any atom is 0.259 e. The molecule has 170 valence electrons. The number of fused-ring (bicyclic) bond motifs is 1. The SMILES string of the molecule is Cc1c(-c2noc(-c3cnc(OC(C)C)c(Cl)c3)n2)ccc2c1CCC2Cc1nnn(C)n1. The Morgan fingerprint density at radius 1 is 1.30 bits per heavy atom. The third kappa shape index (κ3) is 4.20. The van der Waals surface area contributed by atoms with Crippen LogP contribution in [0.4, 0.5) is 0 Å². The first kappa shape index (κ1) is 21.5. The zero-order valence-electron chi connectivity index (χ0n) is 18.9. The number of rotatable bonds is 6. The second-order valence-electron chi connectivity index (χ2n) is 8.54. The summed E-state index contributed by atoms with van der Waals surface area (Å²) in [4.78, 5) is 10.4. The minimum Gasteiger partial charge on any atom is -0.474 e. The summed E-state index contributed by atoms with van der Waals surface area (Å²) in [5, 5.41) is 17.0. The molecule has 0 bridgehead atoms. The van der Waals surface area contributed by atoms with Crippen molar-refractivity contribution >= 4 is 11.6 Å². The molecule has 0 spiro atoms. The highest BCUT2D eigenvalue weighted by molar-refractivity contribution is 6.32. The van der Waals surface area contributed by atoms with Crippen LogP contribution in [-0.2, 0) is 19.9 Å². The van der Waals surface area contributed by atoms with Crippen molar-refractivity contribution in [3.8, 4) is 28.7 Å². The molecule has 0 amide bonds. The summed E-state index contributed by atoms with van der Waals surface area (Å²) in [5.74, 6) is 2.45. The van der Waals surface area contributed by atoms with E-state index < -0.39 is 0 Å². The van der Waals surface area contributed by atoms with E-state index in [-0.39, 0.29) is 6.10 Å². The number of pyridine rings is 1. The van der Waals surface area contributed by atoms with Crippen LogP contribution in [0.5, 0.6) is 5.88 Å². The normalized spacial score (nSPS) is 15.3. The number of benzene rings is 1. The van der Waals surface area contributed by atoms with Crippen molar-refractivity contribution in [2.45, 2.75) is 52.1 Å². The van der Waals surface area contributed by atoms with E-state index in [1.807, 2.05) is 13.8 Å². The molecule has 0 N–H and O–H groups in total. The average Bonchev–Trinajstić information content (AvgIpc) is 3.51. The van der Waals surface area contributed by atoms with Gasteiger partial charge in [0.2, 0.25) is 11.7 Å². The highest BCUT2D eigenvalue weighted by Gasteiger charge is 2.27. The first-order valence-electron chi connectivity index (χ1n) is 10.9. The van der Waals surface area contributed by atoms with E-state index in [0.717, 1.165) is 30.7 Å². The molecule has 0 saturated carbocycles. The van der Waals surface area contributed by atoms with Crippen LogP contribution in [-0.4, -0.2) is 41.4 Å². The van der Waals surface area contributed by atoms with Crippen molar-refractivity contribution in [1.82, 2.24) is 35.3 Å². The van der Waals surface area contributed by atoms with Gasteiger partial charge < -0.3 is 9.26 Å². The maximum atomic E-state index is 6.32. The molecule has 1 atom stereocenters. The summed E-state index contributed by atoms with van der Waals surface area (Å²) in [6.07, 6.45) is 4.46. The van der Waals surface area contributed by atoms with E-state index in [1.54, 1.807) is 19.3 Å². The summed E-state index contributed by atoms with van der Waals surface area (Å²) in [7, 11) is 1.78. The second kappa shape index (κ2) is 8.55. The molecule has 3 heterocycles. The Kier molecular flexibility index (Phi) is 5.57. The van der Waals surface area contributed by atoms with E-state index in [4.69, 9.17) is 20.9 Å². The van der Waals surface area contributed by atoms with Gasteiger partial charge in [-0.15, -0.1) is 10.2 Å². The Morgan fingerprint density at radius 2 is 2.15 bits per heavy atom. The lowest BCUT2D eigenvalue weighted by Crippen LogP contribution is -2.07. The number of halogens is 1. The van der Waals surface area contributed by atoms with E-state index in [0.29, 0.717) is 34.1 Å². The predicted molar refractivity (Wildman–Crippen MR) is 122 cm³/mol. The summed E-state index contributed by atoms with van der Waals surface area (Å²) in [6.45, 7) is 5.96. The van der Waals surface area contributed by atoms with Crippen LogP contribution in [0.15, 0.2) is 28.9 Å². The Bertz CT molecular complexity index is 1310. The van der Waals surface area contributed by atoms with Gasteiger partial charge >= 0.3 is 0 Å². The number of tetrazole rings is 1. The minimum absolute atomic E-state index is 0.0184. The molecule has 3 aromatic heterocycles. The first-order chi connectivity index (χ1) is 15.9. The van der Waals surface area contributed by atoms with Crippen LogP contribution in [0, 0.1) is 6.92 Å². The summed E-state index contributed by atoms with van der Waals surface area (Å²) in [6, 6.07) is 5.96. The molecule has 1 unspecified atom stereocenters. The number of hydrogen-bond acceptors (Lipinski definition) is 8. The number of nitrogens with zero attached hydrogens (tertiary/aromatic N) is 7. The molecule has 1 aliphatic carbocycles. The molecule has 0 saturated heterocycles. The lowest BCUT2D eigenvalue weighted by Gasteiger charge is -2.12. The molecular formula is C23H24ClN7O2. The van der Waals surface area contributed by atoms with Gasteiger partial charge in [0.1, 0.15) is 5.02 Å². The molecule has 33 heavy (non-hydrogen) atoms. The minimum atomic E-state index is -0.0184. The van der Waals surface area contributed by atoms with Crippen LogP contribution < -0.4 is 4.74 Å². The maximum absolute atomic E-state index is 6.32. The fourth-order valence-electron chi connectivity index (χ4n) is 4.35. The molecule has 4 aromatic rings. The Balaban J connectivity index is 1.40. The zero-order valence-corrected chi connectivity index (χ0v) is 19.7. The molecule has 9 nitrogen and oxygen atoms in total. The molecule has 0 aliphatic heterocycles. The van der Waals surface area contributed by atoms with Gasteiger partial charge in [0.25, 0.3) is 5.89 Å². The fourth-order valence-corrected chi connectivity index (χ4v) is 4.56. The van der Waals surface area contributed by atoms with E-state index in [2.05, 4.69) is 49.6 Å². The van der Waals surface area contributed by atoms with Crippen LogP contribution in [0.3, 0.4) is 0 Å². The molecule has 0 radical (unpaired) electrons. The highest BCUT2D eigenvalue weighted by atomic mass is 35.5. The third-order valence-corrected chi connectivity index (χ3v) is 6.14. The lowest BCUT2D eigenvalue weighted by atomic mass is 9.93. The quantitative estimate of drug-likeness (QED) is 0.414. The Hall–Kier alpha value is -3.33. The zero-order chi connectivity index (χ0) is 23.1. The largest absolute Gasteiger partial charge is 0.474 e. The van der Waals surface area contributed by atoms with Gasteiger partial charge in [-0.3, -0.25) is 0 Å². The van der Waals surface area contributed by atoms with Crippen molar-refractivity contribution in [1.29, 1.82) is 0 Å². The standard InChI is InChI=1S/C23H24ClN7O2/c1-12(2)32-23-19(24)9-15(11-25-23)22-26-21(29-33-22)17-7-8-18-14(5-6-16(18)13(17)3)10-20-27-30-31(4)28-20/h7-9,11-12,14H,5-6,10H2,1-4H3. The third-order valence-electron chi connectivity index (χ3n) is 5.86. The number of aromatic nitrogens is 7.